The van der Waals surface area contributed by atoms with Crippen molar-refractivity contribution >= 4 is 11.9 Å². The van der Waals surface area contributed by atoms with Gasteiger partial charge in [-0.05, 0) is 30.5 Å². The molecule has 2 aromatic rings. The highest BCUT2D eigenvalue weighted by Crippen LogP contribution is 2.23. The summed E-state index contributed by atoms with van der Waals surface area (Å²) >= 11 is 0. The first kappa shape index (κ1) is 18.7. The Kier molecular flexibility index (Phi) is 7.20. The first-order valence-corrected chi connectivity index (χ1v) is 8.69. The van der Waals surface area contributed by atoms with E-state index in [-0.39, 0.29) is 17.2 Å². The van der Waals surface area contributed by atoms with Gasteiger partial charge in [0.25, 0.3) is 0 Å². The molecule has 2 aromatic carbocycles. The number of rotatable bonds is 8. The minimum Gasteiger partial charge on any atom is -0.462 e. The zero-order chi connectivity index (χ0) is 18.1. The highest BCUT2D eigenvalue weighted by atomic mass is 16.5. The summed E-state index contributed by atoms with van der Waals surface area (Å²) in [4.78, 5) is 24.9. The van der Waals surface area contributed by atoms with Crippen molar-refractivity contribution in [3.05, 3.63) is 71.3 Å². The lowest BCUT2D eigenvalue weighted by molar-refractivity contribution is 0.0277. The van der Waals surface area contributed by atoms with Crippen LogP contribution in [0, 0.1) is 0 Å². The molecule has 0 aliphatic rings. The fraction of sp³-hybridized carbons (Fsp3) is 0.333. The molecule has 25 heavy (non-hydrogen) atoms. The third-order valence-electron chi connectivity index (χ3n) is 3.89. The van der Waals surface area contributed by atoms with Crippen molar-refractivity contribution in [3.63, 3.8) is 0 Å². The lowest BCUT2D eigenvalue weighted by Crippen LogP contribution is -2.16. The van der Waals surface area contributed by atoms with Gasteiger partial charge in [-0.3, -0.25) is 0 Å². The van der Waals surface area contributed by atoms with E-state index < -0.39 is 11.9 Å². The number of hydrogen-bond donors (Lipinski definition) is 0. The Morgan fingerprint density at radius 2 is 1.48 bits per heavy atom. The van der Waals surface area contributed by atoms with Crippen LogP contribution in [0.1, 0.15) is 65.5 Å². The van der Waals surface area contributed by atoms with Crippen LogP contribution in [0.5, 0.6) is 0 Å². The van der Waals surface area contributed by atoms with Crippen LogP contribution in [-0.2, 0) is 9.47 Å². The number of carbonyl (C=O) groups excluding carboxylic acids is 2. The van der Waals surface area contributed by atoms with E-state index in [0.29, 0.717) is 13.0 Å². The Hall–Kier alpha value is -2.62. The van der Waals surface area contributed by atoms with Crippen LogP contribution in [0.2, 0.25) is 0 Å². The molecule has 1 atom stereocenters. The third kappa shape index (κ3) is 5.18. The van der Waals surface area contributed by atoms with Crippen LogP contribution in [0.15, 0.2) is 54.6 Å². The second-order valence-electron chi connectivity index (χ2n) is 5.75. The topological polar surface area (TPSA) is 52.6 Å². The van der Waals surface area contributed by atoms with Crippen molar-refractivity contribution in [2.24, 2.45) is 0 Å². The van der Waals surface area contributed by atoms with Gasteiger partial charge in [-0.15, -0.1) is 0 Å². The Morgan fingerprint density at radius 3 is 2.08 bits per heavy atom. The fourth-order valence-electron chi connectivity index (χ4n) is 2.47. The monoisotopic (exact) mass is 340 g/mol. The quantitative estimate of drug-likeness (QED) is 0.504. The average Bonchev–Trinajstić information content (AvgIpc) is 2.66. The summed E-state index contributed by atoms with van der Waals surface area (Å²) < 4.78 is 10.9. The van der Waals surface area contributed by atoms with E-state index >= 15 is 0 Å². The maximum absolute atomic E-state index is 12.6. The molecule has 2 rings (SSSR count). The Bertz CT molecular complexity index is 694. The van der Waals surface area contributed by atoms with Gasteiger partial charge >= 0.3 is 11.9 Å². The normalized spacial score (nSPS) is 11.6. The molecule has 0 saturated carbocycles. The van der Waals surface area contributed by atoms with Gasteiger partial charge in [-0.1, -0.05) is 62.7 Å². The van der Waals surface area contributed by atoms with Gasteiger partial charge in [0.1, 0.15) is 6.10 Å². The second-order valence-corrected chi connectivity index (χ2v) is 5.75. The van der Waals surface area contributed by atoms with Gasteiger partial charge in [-0.2, -0.15) is 0 Å². The molecule has 0 fully saturated rings. The first-order valence-electron chi connectivity index (χ1n) is 8.69. The summed E-state index contributed by atoms with van der Waals surface area (Å²) in [5.41, 5.74) is 1.41. The first-order chi connectivity index (χ1) is 12.2. The number of esters is 2. The summed E-state index contributed by atoms with van der Waals surface area (Å²) in [6, 6.07) is 16.2. The van der Waals surface area contributed by atoms with E-state index in [1.807, 2.05) is 44.2 Å². The van der Waals surface area contributed by atoms with Crippen LogP contribution in [-0.4, -0.2) is 18.5 Å². The summed E-state index contributed by atoms with van der Waals surface area (Å²) in [5.74, 6) is -1.01. The molecule has 0 amide bonds. The summed E-state index contributed by atoms with van der Waals surface area (Å²) in [7, 11) is 0. The van der Waals surface area contributed by atoms with E-state index in [1.165, 1.54) is 0 Å². The van der Waals surface area contributed by atoms with E-state index in [0.717, 1.165) is 18.4 Å². The van der Waals surface area contributed by atoms with Crippen molar-refractivity contribution in [1.29, 1.82) is 0 Å². The van der Waals surface area contributed by atoms with Gasteiger partial charge in [-0.25, -0.2) is 9.59 Å². The zero-order valence-corrected chi connectivity index (χ0v) is 14.7. The molecule has 132 valence electrons. The standard InChI is InChI=1S/C21H24O4/c1-3-5-15-24-20(22)17-13-9-10-14-18(17)21(23)25-19(4-2)16-11-7-6-8-12-16/h6-14,19H,3-5,15H2,1-2H3. The van der Waals surface area contributed by atoms with E-state index in [2.05, 4.69) is 0 Å². The smallest absolute Gasteiger partial charge is 0.339 e. The third-order valence-corrected chi connectivity index (χ3v) is 3.89. The molecule has 0 aromatic heterocycles. The van der Waals surface area contributed by atoms with Gasteiger partial charge < -0.3 is 9.47 Å². The molecule has 0 heterocycles. The van der Waals surface area contributed by atoms with Crippen LogP contribution in [0.3, 0.4) is 0 Å². The molecule has 0 radical (unpaired) electrons. The lowest BCUT2D eigenvalue weighted by atomic mass is 10.1. The van der Waals surface area contributed by atoms with Crippen LogP contribution in [0.25, 0.3) is 0 Å². The highest BCUT2D eigenvalue weighted by molar-refractivity contribution is 6.03. The number of hydrogen-bond acceptors (Lipinski definition) is 4. The van der Waals surface area contributed by atoms with E-state index in [1.54, 1.807) is 24.3 Å². The number of carbonyl (C=O) groups is 2. The Labute approximate surface area is 148 Å². The van der Waals surface area contributed by atoms with Crippen molar-refractivity contribution in [2.45, 2.75) is 39.2 Å². The molecule has 1 unspecified atom stereocenters. The van der Waals surface area contributed by atoms with Gasteiger partial charge in [0, 0.05) is 0 Å². The molecule has 0 spiro atoms. The van der Waals surface area contributed by atoms with Crippen molar-refractivity contribution < 1.29 is 19.1 Å². The fourth-order valence-corrected chi connectivity index (χ4v) is 2.47. The maximum Gasteiger partial charge on any atom is 0.339 e. The maximum atomic E-state index is 12.6. The second kappa shape index (κ2) is 9.62. The predicted molar refractivity (Wildman–Crippen MR) is 96.5 cm³/mol. The highest BCUT2D eigenvalue weighted by Gasteiger charge is 2.22. The minimum atomic E-state index is -0.515. The molecule has 0 bridgehead atoms. The summed E-state index contributed by atoms with van der Waals surface area (Å²) in [6.45, 7) is 4.32. The van der Waals surface area contributed by atoms with Crippen molar-refractivity contribution in [3.8, 4) is 0 Å². The molecule has 0 saturated heterocycles. The SMILES string of the molecule is CCCCOC(=O)c1ccccc1C(=O)OC(CC)c1ccccc1. The van der Waals surface area contributed by atoms with Crippen LogP contribution < -0.4 is 0 Å². The van der Waals surface area contributed by atoms with Crippen molar-refractivity contribution in [1.82, 2.24) is 0 Å². The Balaban J connectivity index is 2.15. The van der Waals surface area contributed by atoms with Crippen molar-refractivity contribution in [2.75, 3.05) is 6.61 Å². The predicted octanol–water partition coefficient (Wildman–Crippen LogP) is 4.95. The molecule has 0 aliphatic heterocycles. The number of ether oxygens (including phenoxy) is 2. The van der Waals surface area contributed by atoms with Gasteiger partial charge in [0.2, 0.25) is 0 Å². The van der Waals surface area contributed by atoms with Crippen LogP contribution >= 0.6 is 0 Å². The summed E-state index contributed by atoms with van der Waals surface area (Å²) in [6.07, 6.45) is 2.04. The summed E-state index contributed by atoms with van der Waals surface area (Å²) in [5, 5.41) is 0. The van der Waals surface area contributed by atoms with Gasteiger partial charge in [0.05, 0.1) is 17.7 Å². The molecular formula is C21H24O4. The molecule has 0 N–H and O–H groups in total. The minimum absolute atomic E-state index is 0.235. The van der Waals surface area contributed by atoms with Crippen LogP contribution in [0.4, 0.5) is 0 Å². The van der Waals surface area contributed by atoms with Gasteiger partial charge in [0.15, 0.2) is 0 Å². The Morgan fingerprint density at radius 1 is 0.880 bits per heavy atom. The molecule has 4 heteroatoms. The largest absolute Gasteiger partial charge is 0.462 e. The number of benzene rings is 2. The number of unbranched alkanes of at least 4 members (excludes halogenated alkanes) is 1. The zero-order valence-electron chi connectivity index (χ0n) is 14.7. The molecule has 0 aliphatic carbocycles. The molecule has 4 nitrogen and oxygen atoms in total. The van der Waals surface area contributed by atoms with E-state index in [9.17, 15) is 9.59 Å². The molecular weight excluding hydrogens is 316 g/mol. The van der Waals surface area contributed by atoms with E-state index in [4.69, 9.17) is 9.47 Å². The average molecular weight is 340 g/mol. The lowest BCUT2D eigenvalue weighted by Gasteiger charge is -2.17.